The molecule has 2 rings (SSSR count). The van der Waals surface area contributed by atoms with Crippen molar-refractivity contribution in [1.82, 2.24) is 4.90 Å². The molecule has 1 heterocycles. The van der Waals surface area contributed by atoms with Gasteiger partial charge in [-0.25, -0.2) is 4.79 Å². The highest BCUT2D eigenvalue weighted by Gasteiger charge is 2.40. The lowest BCUT2D eigenvalue weighted by Crippen LogP contribution is -2.56. The Bertz CT molecular complexity index is 493. The van der Waals surface area contributed by atoms with Gasteiger partial charge in [0, 0.05) is 20.3 Å². The van der Waals surface area contributed by atoms with Crippen LogP contribution < -0.4 is 0 Å². The van der Waals surface area contributed by atoms with Crippen LogP contribution in [0.2, 0.25) is 0 Å². The first-order valence-corrected chi connectivity index (χ1v) is 7.66. The van der Waals surface area contributed by atoms with E-state index in [-0.39, 0.29) is 30.8 Å². The molecule has 1 aromatic rings. The van der Waals surface area contributed by atoms with Crippen molar-refractivity contribution in [2.24, 2.45) is 0 Å². The predicted molar refractivity (Wildman–Crippen MR) is 85.3 cm³/mol. The second-order valence-electron chi connectivity index (χ2n) is 5.79. The third kappa shape index (κ3) is 4.51. The molecule has 0 N–H and O–H groups in total. The Kier molecular flexibility index (Phi) is 6.53. The Morgan fingerprint density at radius 2 is 1.91 bits per heavy atom. The maximum atomic E-state index is 12.0. The number of methoxy groups -OCH3 is 2. The van der Waals surface area contributed by atoms with Gasteiger partial charge in [-0.2, -0.15) is 0 Å². The van der Waals surface area contributed by atoms with Crippen molar-refractivity contribution in [2.75, 3.05) is 34.9 Å². The molecule has 1 aromatic carbocycles. The number of rotatable bonds is 6. The quantitative estimate of drug-likeness (QED) is 0.741. The molecule has 1 aliphatic rings. The third-order valence-electron chi connectivity index (χ3n) is 4.06. The van der Waals surface area contributed by atoms with Crippen LogP contribution in [0.4, 0.5) is 0 Å². The van der Waals surface area contributed by atoms with Gasteiger partial charge in [0.15, 0.2) is 6.29 Å². The molecule has 0 amide bonds. The Balaban J connectivity index is 1.96. The monoisotopic (exact) mass is 323 g/mol. The summed E-state index contributed by atoms with van der Waals surface area (Å²) in [6.07, 6.45) is -0.197. The van der Waals surface area contributed by atoms with E-state index in [1.165, 1.54) is 0 Å². The van der Waals surface area contributed by atoms with Gasteiger partial charge in [-0.3, -0.25) is 0 Å². The summed E-state index contributed by atoms with van der Waals surface area (Å²) < 4.78 is 22.1. The maximum absolute atomic E-state index is 12.0. The van der Waals surface area contributed by atoms with E-state index in [9.17, 15) is 4.79 Å². The fourth-order valence-corrected chi connectivity index (χ4v) is 2.80. The number of carbonyl (C=O) groups is 1. The van der Waals surface area contributed by atoms with Gasteiger partial charge in [-0.1, -0.05) is 18.2 Å². The minimum atomic E-state index is -0.485. The number of carbonyl (C=O) groups excluding carboxylic acids is 1. The van der Waals surface area contributed by atoms with E-state index in [2.05, 4.69) is 4.90 Å². The largest absolute Gasteiger partial charge is 0.459 e. The number of nitrogens with zero attached hydrogens (tertiary/aromatic N) is 1. The SMILES string of the molecule is CO[C@@H]1O[C@H](COC(=O)c2ccccc2)C[C@H](N(C)C)[C@H]1OC. The summed E-state index contributed by atoms with van der Waals surface area (Å²) in [5, 5.41) is 0. The summed E-state index contributed by atoms with van der Waals surface area (Å²) in [5.41, 5.74) is 0.533. The van der Waals surface area contributed by atoms with Crippen LogP contribution in [0.25, 0.3) is 0 Å². The molecule has 1 fully saturated rings. The van der Waals surface area contributed by atoms with Gasteiger partial charge >= 0.3 is 5.97 Å². The normalized spacial score (nSPS) is 27.9. The Hall–Kier alpha value is -1.47. The summed E-state index contributed by atoms with van der Waals surface area (Å²) in [5.74, 6) is -0.349. The van der Waals surface area contributed by atoms with Crippen LogP contribution in [0.1, 0.15) is 16.8 Å². The van der Waals surface area contributed by atoms with E-state index in [0.29, 0.717) is 12.0 Å². The van der Waals surface area contributed by atoms with Crippen LogP contribution in [-0.4, -0.2) is 70.3 Å². The van der Waals surface area contributed by atoms with E-state index < -0.39 is 6.29 Å². The van der Waals surface area contributed by atoms with E-state index in [1.807, 2.05) is 20.2 Å². The lowest BCUT2D eigenvalue weighted by Gasteiger charge is -2.42. The molecule has 0 spiro atoms. The number of hydrogen-bond acceptors (Lipinski definition) is 6. The molecular formula is C17H25NO5. The van der Waals surface area contributed by atoms with Crippen LogP contribution in [0.3, 0.4) is 0 Å². The summed E-state index contributed by atoms with van der Waals surface area (Å²) in [4.78, 5) is 14.1. The molecule has 0 aliphatic carbocycles. The average Bonchev–Trinajstić information content (AvgIpc) is 2.59. The standard InChI is InChI=1S/C17H25NO5/c1-18(2)14-10-13(23-17(21-4)15(14)20-3)11-22-16(19)12-8-6-5-7-9-12/h5-9,13-15,17H,10-11H2,1-4H3/t13-,14-,15+,17+/m0/s1. The zero-order valence-corrected chi connectivity index (χ0v) is 14.1. The van der Waals surface area contributed by atoms with Crippen molar-refractivity contribution in [1.29, 1.82) is 0 Å². The van der Waals surface area contributed by atoms with E-state index in [4.69, 9.17) is 18.9 Å². The summed E-state index contributed by atoms with van der Waals surface area (Å²) in [6.45, 7) is 0.189. The van der Waals surface area contributed by atoms with Gasteiger partial charge in [-0.15, -0.1) is 0 Å². The average molecular weight is 323 g/mol. The predicted octanol–water partition coefficient (Wildman–Crippen LogP) is 1.55. The van der Waals surface area contributed by atoms with E-state index in [1.54, 1.807) is 38.5 Å². The Morgan fingerprint density at radius 3 is 2.48 bits per heavy atom. The lowest BCUT2D eigenvalue weighted by molar-refractivity contribution is -0.257. The minimum absolute atomic E-state index is 0.124. The summed E-state index contributed by atoms with van der Waals surface area (Å²) in [6, 6.07) is 9.05. The molecule has 0 radical (unpaired) electrons. The van der Waals surface area contributed by atoms with Gasteiger partial charge in [0.2, 0.25) is 0 Å². The molecule has 6 heteroatoms. The van der Waals surface area contributed by atoms with E-state index in [0.717, 1.165) is 0 Å². The molecular weight excluding hydrogens is 298 g/mol. The third-order valence-corrected chi connectivity index (χ3v) is 4.06. The second-order valence-corrected chi connectivity index (χ2v) is 5.79. The number of esters is 1. The van der Waals surface area contributed by atoms with Crippen molar-refractivity contribution < 1.29 is 23.7 Å². The maximum Gasteiger partial charge on any atom is 0.338 e. The number of benzene rings is 1. The van der Waals surface area contributed by atoms with Crippen molar-refractivity contribution in [2.45, 2.75) is 31.0 Å². The van der Waals surface area contributed by atoms with Gasteiger partial charge in [0.25, 0.3) is 0 Å². The molecule has 128 valence electrons. The molecule has 1 saturated heterocycles. The van der Waals surface area contributed by atoms with Gasteiger partial charge < -0.3 is 23.8 Å². The van der Waals surface area contributed by atoms with Gasteiger partial charge in [0.1, 0.15) is 12.7 Å². The first-order valence-electron chi connectivity index (χ1n) is 7.66. The first-order chi connectivity index (χ1) is 11.1. The van der Waals surface area contributed by atoms with Crippen molar-refractivity contribution in [3.8, 4) is 0 Å². The Morgan fingerprint density at radius 1 is 1.22 bits per heavy atom. The summed E-state index contributed by atoms with van der Waals surface area (Å²) in [7, 11) is 7.21. The van der Waals surface area contributed by atoms with Crippen molar-refractivity contribution in [3.63, 3.8) is 0 Å². The van der Waals surface area contributed by atoms with Gasteiger partial charge in [0.05, 0.1) is 11.7 Å². The molecule has 4 atom stereocenters. The highest BCUT2D eigenvalue weighted by molar-refractivity contribution is 5.89. The molecule has 1 aliphatic heterocycles. The summed E-state index contributed by atoms with van der Waals surface area (Å²) >= 11 is 0. The number of hydrogen-bond donors (Lipinski definition) is 0. The van der Waals surface area contributed by atoms with Crippen LogP contribution in [0.5, 0.6) is 0 Å². The van der Waals surface area contributed by atoms with Crippen LogP contribution in [-0.2, 0) is 18.9 Å². The topological polar surface area (TPSA) is 57.2 Å². The molecule has 0 unspecified atom stereocenters. The molecule has 0 saturated carbocycles. The number of likely N-dealkylation sites (N-methyl/N-ethyl adjacent to an activating group) is 1. The van der Waals surface area contributed by atoms with Crippen molar-refractivity contribution in [3.05, 3.63) is 35.9 Å². The fraction of sp³-hybridized carbons (Fsp3) is 0.588. The molecule has 6 nitrogen and oxygen atoms in total. The minimum Gasteiger partial charge on any atom is -0.459 e. The highest BCUT2D eigenvalue weighted by Crippen LogP contribution is 2.26. The zero-order valence-electron chi connectivity index (χ0n) is 14.1. The lowest BCUT2D eigenvalue weighted by atomic mass is 9.98. The van der Waals surface area contributed by atoms with Crippen molar-refractivity contribution >= 4 is 5.97 Å². The smallest absolute Gasteiger partial charge is 0.338 e. The fourth-order valence-electron chi connectivity index (χ4n) is 2.80. The van der Waals surface area contributed by atoms with Crippen LogP contribution >= 0.6 is 0 Å². The first kappa shape index (κ1) is 17.9. The van der Waals surface area contributed by atoms with E-state index >= 15 is 0 Å². The zero-order chi connectivity index (χ0) is 16.8. The molecule has 0 bridgehead atoms. The second kappa shape index (κ2) is 8.40. The molecule has 23 heavy (non-hydrogen) atoms. The molecule has 0 aromatic heterocycles. The van der Waals surface area contributed by atoms with Gasteiger partial charge in [-0.05, 0) is 32.6 Å². The number of ether oxygens (including phenoxy) is 4. The Labute approximate surface area is 137 Å². The highest BCUT2D eigenvalue weighted by atomic mass is 16.7. The van der Waals surface area contributed by atoms with Crippen LogP contribution in [0.15, 0.2) is 30.3 Å². The van der Waals surface area contributed by atoms with Crippen LogP contribution in [0, 0.1) is 0 Å².